The standard InChI is InChI=1S/C45H40N2/c1-45(30-32-18-19-33(28-32)31-45)36-22-26-39(27-23-36)46(37-11-3-2-4-12-37)38-24-20-34(21-25-38)35-10-9-13-40(29-35)47-43-16-7-5-14-41(43)42-15-6-8-17-44(42)47/h2-17,20-27,29,32-33H,18-19,28,30-31H2,1H3/t32-,33-/m1/s1. The zero-order valence-electron chi connectivity index (χ0n) is 27.0. The average molecular weight is 609 g/mol. The maximum Gasteiger partial charge on any atom is 0.0541 e. The molecule has 1 heterocycles. The Morgan fingerprint density at radius 3 is 1.72 bits per heavy atom. The van der Waals surface area contributed by atoms with E-state index >= 15 is 0 Å². The van der Waals surface area contributed by atoms with E-state index in [0.717, 1.165) is 17.5 Å². The SMILES string of the molecule is CC1(c2ccc(N(c3ccccc3)c3ccc(-c4cccc(-n5c6ccccc6c6ccccc65)c4)cc3)cc2)C[C@@H]2CC[C@H](C2)C1. The highest BCUT2D eigenvalue weighted by Gasteiger charge is 2.41. The van der Waals surface area contributed by atoms with Crippen molar-refractivity contribution in [3.8, 4) is 16.8 Å². The molecule has 2 atom stereocenters. The van der Waals surface area contributed by atoms with Crippen LogP contribution in [0.25, 0.3) is 38.6 Å². The van der Waals surface area contributed by atoms with E-state index in [9.17, 15) is 0 Å². The number of para-hydroxylation sites is 3. The normalized spacial score (nSPS) is 20.5. The number of hydrogen-bond donors (Lipinski definition) is 0. The molecule has 230 valence electrons. The van der Waals surface area contributed by atoms with Crippen molar-refractivity contribution in [3.05, 3.63) is 157 Å². The largest absolute Gasteiger partial charge is 0.311 e. The van der Waals surface area contributed by atoms with Gasteiger partial charge in [-0.05, 0) is 114 Å². The van der Waals surface area contributed by atoms with E-state index in [2.05, 4.69) is 168 Å². The molecule has 2 aliphatic carbocycles. The third-order valence-electron chi connectivity index (χ3n) is 11.1. The molecular formula is C45H40N2. The number of anilines is 3. The fourth-order valence-electron chi connectivity index (χ4n) is 9.01. The first-order chi connectivity index (χ1) is 23.1. The Bertz CT molecular complexity index is 2120. The van der Waals surface area contributed by atoms with Crippen molar-refractivity contribution < 1.29 is 0 Å². The second-order valence-corrected chi connectivity index (χ2v) is 14.2. The Morgan fingerprint density at radius 1 is 0.532 bits per heavy atom. The second-order valence-electron chi connectivity index (χ2n) is 14.2. The predicted octanol–water partition coefficient (Wildman–Crippen LogP) is 12.4. The van der Waals surface area contributed by atoms with Gasteiger partial charge in [-0.25, -0.2) is 0 Å². The summed E-state index contributed by atoms with van der Waals surface area (Å²) in [6, 6.07) is 55.7. The Balaban J connectivity index is 1.06. The van der Waals surface area contributed by atoms with Crippen molar-refractivity contribution in [1.82, 2.24) is 4.57 Å². The molecule has 47 heavy (non-hydrogen) atoms. The lowest BCUT2D eigenvalue weighted by molar-refractivity contribution is 0.232. The van der Waals surface area contributed by atoms with Gasteiger partial charge in [-0.15, -0.1) is 0 Å². The van der Waals surface area contributed by atoms with Crippen LogP contribution in [0.4, 0.5) is 17.1 Å². The van der Waals surface area contributed by atoms with Crippen molar-refractivity contribution in [2.24, 2.45) is 11.8 Å². The molecule has 2 saturated carbocycles. The van der Waals surface area contributed by atoms with Crippen LogP contribution in [0.1, 0.15) is 44.6 Å². The Labute approximate surface area is 277 Å². The Kier molecular flexibility index (Phi) is 6.78. The summed E-state index contributed by atoms with van der Waals surface area (Å²) in [4.78, 5) is 2.38. The lowest BCUT2D eigenvalue weighted by Crippen LogP contribution is -2.30. The lowest BCUT2D eigenvalue weighted by Gasteiger charge is -2.38. The molecule has 0 radical (unpaired) electrons. The minimum absolute atomic E-state index is 0.301. The smallest absolute Gasteiger partial charge is 0.0541 e. The first-order valence-electron chi connectivity index (χ1n) is 17.3. The number of nitrogens with zero attached hydrogens (tertiary/aromatic N) is 2. The second kappa shape index (κ2) is 11.3. The minimum atomic E-state index is 0.301. The highest BCUT2D eigenvalue weighted by Crippen LogP contribution is 2.52. The number of benzene rings is 6. The summed E-state index contributed by atoms with van der Waals surface area (Å²) in [5.41, 5.74) is 11.4. The molecule has 0 aliphatic heterocycles. The van der Waals surface area contributed by atoms with Crippen LogP contribution in [-0.2, 0) is 5.41 Å². The van der Waals surface area contributed by atoms with E-state index in [1.165, 1.54) is 87.7 Å². The van der Waals surface area contributed by atoms with Crippen molar-refractivity contribution in [3.63, 3.8) is 0 Å². The fraction of sp³-hybridized carbons (Fsp3) is 0.200. The summed E-state index contributed by atoms with van der Waals surface area (Å²) in [6.45, 7) is 2.51. The van der Waals surface area contributed by atoms with E-state index in [-0.39, 0.29) is 0 Å². The van der Waals surface area contributed by atoms with Crippen LogP contribution in [0.15, 0.2) is 152 Å². The van der Waals surface area contributed by atoms with Crippen molar-refractivity contribution >= 4 is 38.9 Å². The molecule has 0 spiro atoms. The monoisotopic (exact) mass is 608 g/mol. The summed E-state index contributed by atoms with van der Waals surface area (Å²) in [5.74, 6) is 1.83. The molecule has 0 unspecified atom stereocenters. The van der Waals surface area contributed by atoms with Gasteiger partial charge in [0.2, 0.25) is 0 Å². The van der Waals surface area contributed by atoms with Crippen LogP contribution in [0.5, 0.6) is 0 Å². The number of aromatic nitrogens is 1. The summed E-state index contributed by atoms with van der Waals surface area (Å²) in [6.07, 6.45) is 6.99. The lowest BCUT2D eigenvalue weighted by atomic mass is 9.66. The van der Waals surface area contributed by atoms with Gasteiger partial charge in [-0.2, -0.15) is 0 Å². The quantitative estimate of drug-likeness (QED) is 0.182. The summed E-state index contributed by atoms with van der Waals surface area (Å²) in [5, 5.41) is 2.57. The van der Waals surface area contributed by atoms with E-state index in [0.29, 0.717) is 5.41 Å². The number of hydrogen-bond acceptors (Lipinski definition) is 1. The van der Waals surface area contributed by atoms with Crippen LogP contribution in [0.2, 0.25) is 0 Å². The van der Waals surface area contributed by atoms with Gasteiger partial charge in [0.1, 0.15) is 0 Å². The molecule has 0 saturated heterocycles. The number of fused-ring (bicyclic) bond motifs is 5. The Hall–Kier alpha value is -5.08. The van der Waals surface area contributed by atoms with Crippen LogP contribution in [-0.4, -0.2) is 4.57 Å². The zero-order valence-corrected chi connectivity index (χ0v) is 27.0. The summed E-state index contributed by atoms with van der Waals surface area (Å²) in [7, 11) is 0. The van der Waals surface area contributed by atoms with Gasteiger partial charge in [-0.1, -0.05) is 111 Å². The average Bonchev–Trinajstić information content (AvgIpc) is 3.65. The zero-order chi connectivity index (χ0) is 31.4. The summed E-state index contributed by atoms with van der Waals surface area (Å²) >= 11 is 0. The van der Waals surface area contributed by atoms with Crippen LogP contribution in [0, 0.1) is 11.8 Å². The third-order valence-corrected chi connectivity index (χ3v) is 11.1. The van der Waals surface area contributed by atoms with Gasteiger partial charge in [0, 0.05) is 33.5 Å². The molecule has 2 heteroatoms. The van der Waals surface area contributed by atoms with Crippen LogP contribution in [0.3, 0.4) is 0 Å². The molecule has 1 aromatic heterocycles. The van der Waals surface area contributed by atoms with Gasteiger partial charge < -0.3 is 9.47 Å². The maximum atomic E-state index is 2.51. The van der Waals surface area contributed by atoms with Crippen LogP contribution >= 0.6 is 0 Å². The van der Waals surface area contributed by atoms with Crippen LogP contribution < -0.4 is 4.90 Å². The third kappa shape index (κ3) is 4.95. The van der Waals surface area contributed by atoms with Gasteiger partial charge in [-0.3, -0.25) is 0 Å². The maximum absolute atomic E-state index is 2.51. The highest BCUT2D eigenvalue weighted by molar-refractivity contribution is 6.09. The number of rotatable bonds is 6. The molecule has 2 bridgehead atoms. The highest BCUT2D eigenvalue weighted by atomic mass is 15.1. The molecule has 0 amide bonds. The molecule has 9 rings (SSSR count). The molecule has 7 aromatic rings. The van der Waals surface area contributed by atoms with Crippen molar-refractivity contribution in [1.29, 1.82) is 0 Å². The van der Waals surface area contributed by atoms with Gasteiger partial charge in [0.05, 0.1) is 11.0 Å². The molecule has 0 N–H and O–H groups in total. The molecule has 6 aromatic carbocycles. The molecule has 2 fully saturated rings. The van der Waals surface area contributed by atoms with Crippen molar-refractivity contribution in [2.45, 2.75) is 44.4 Å². The topological polar surface area (TPSA) is 8.17 Å². The first kappa shape index (κ1) is 28.2. The van der Waals surface area contributed by atoms with E-state index < -0.39 is 0 Å². The molecular weight excluding hydrogens is 569 g/mol. The van der Waals surface area contributed by atoms with E-state index in [1.807, 2.05) is 0 Å². The van der Waals surface area contributed by atoms with Gasteiger partial charge in [0.25, 0.3) is 0 Å². The van der Waals surface area contributed by atoms with Gasteiger partial charge >= 0.3 is 0 Å². The predicted molar refractivity (Wildman–Crippen MR) is 198 cm³/mol. The van der Waals surface area contributed by atoms with Crippen molar-refractivity contribution in [2.75, 3.05) is 4.90 Å². The molecule has 2 aliphatic rings. The Morgan fingerprint density at radius 2 is 1.09 bits per heavy atom. The first-order valence-corrected chi connectivity index (χ1v) is 17.3. The minimum Gasteiger partial charge on any atom is -0.311 e. The van der Waals surface area contributed by atoms with E-state index in [1.54, 1.807) is 0 Å². The molecule has 2 nitrogen and oxygen atoms in total. The summed E-state index contributed by atoms with van der Waals surface area (Å²) < 4.78 is 2.39. The fourth-order valence-corrected chi connectivity index (χ4v) is 9.01. The van der Waals surface area contributed by atoms with Gasteiger partial charge in [0.15, 0.2) is 0 Å². The van der Waals surface area contributed by atoms with E-state index in [4.69, 9.17) is 0 Å².